The van der Waals surface area contributed by atoms with Gasteiger partial charge in [-0.15, -0.1) is 0 Å². The molecule has 0 saturated heterocycles. The third kappa shape index (κ3) is 2.74. The lowest BCUT2D eigenvalue weighted by Gasteiger charge is -2.02. The van der Waals surface area contributed by atoms with E-state index in [0.29, 0.717) is 22.0 Å². The number of benzene rings is 1. The van der Waals surface area contributed by atoms with Gasteiger partial charge in [-0.1, -0.05) is 11.8 Å². The summed E-state index contributed by atoms with van der Waals surface area (Å²) in [4.78, 5) is 7.71. The van der Waals surface area contributed by atoms with Crippen LogP contribution < -0.4 is 5.73 Å². The summed E-state index contributed by atoms with van der Waals surface area (Å²) in [5.74, 6) is 5.63. The van der Waals surface area contributed by atoms with E-state index in [0.717, 1.165) is 0 Å². The maximum absolute atomic E-state index is 14.1. The van der Waals surface area contributed by atoms with Gasteiger partial charge in [0.15, 0.2) is 0 Å². The molecule has 3 rings (SSSR count). The summed E-state index contributed by atoms with van der Waals surface area (Å²) < 4.78 is 15.9. The largest absolute Gasteiger partial charge is 0.368 e. The monoisotopic (exact) mass is 295 g/mol. The molecule has 0 radical (unpaired) electrons. The molecule has 0 aliphatic carbocycles. The normalized spacial score (nSPS) is 10.7. The molecular formula is C16H14FN5. The minimum absolute atomic E-state index is 0.174. The molecule has 2 N–H and O–H groups in total. The lowest BCUT2D eigenvalue weighted by molar-refractivity contribution is 0.537. The standard InChI is InChI=1S/C16H14FN5/c1-10(2)22-9-13-14(17)5-11(6-15(13)21-22)3-4-12-7-19-16(18)20-8-12/h5-10H,1-2H3,(H2,18,19,20). The number of hydrogen-bond acceptors (Lipinski definition) is 4. The number of nitrogen functional groups attached to an aromatic ring is 1. The summed E-state index contributed by atoms with van der Waals surface area (Å²) in [7, 11) is 0. The SMILES string of the molecule is CC(C)n1cc2c(F)cc(C#Cc3cnc(N)nc3)cc2n1. The number of nitrogens with two attached hydrogens (primary N) is 1. The van der Waals surface area contributed by atoms with Crippen LogP contribution in [-0.4, -0.2) is 19.7 Å². The van der Waals surface area contributed by atoms with Gasteiger partial charge in [-0.25, -0.2) is 14.4 Å². The van der Waals surface area contributed by atoms with Gasteiger partial charge < -0.3 is 5.73 Å². The second-order valence-corrected chi connectivity index (χ2v) is 5.17. The Labute approximate surface area is 127 Å². The Morgan fingerprint density at radius 3 is 2.50 bits per heavy atom. The highest BCUT2D eigenvalue weighted by Crippen LogP contribution is 2.20. The summed E-state index contributed by atoms with van der Waals surface area (Å²) in [5, 5.41) is 4.86. The molecule has 0 saturated carbocycles. The second kappa shape index (κ2) is 5.45. The Morgan fingerprint density at radius 1 is 1.14 bits per heavy atom. The quantitative estimate of drug-likeness (QED) is 0.700. The van der Waals surface area contributed by atoms with Crippen LogP contribution in [0.25, 0.3) is 10.9 Å². The molecule has 1 aromatic carbocycles. The first-order valence-electron chi connectivity index (χ1n) is 6.81. The molecule has 0 amide bonds. The predicted molar refractivity (Wildman–Crippen MR) is 82.5 cm³/mol. The summed E-state index contributed by atoms with van der Waals surface area (Å²) in [6, 6.07) is 3.34. The summed E-state index contributed by atoms with van der Waals surface area (Å²) in [5.41, 5.74) is 7.17. The first kappa shape index (κ1) is 14.0. The van der Waals surface area contributed by atoms with Crippen molar-refractivity contribution in [2.45, 2.75) is 19.9 Å². The topological polar surface area (TPSA) is 69.6 Å². The van der Waals surface area contributed by atoms with Gasteiger partial charge in [0.1, 0.15) is 5.82 Å². The molecule has 0 aliphatic rings. The van der Waals surface area contributed by atoms with Crippen molar-refractivity contribution in [1.29, 1.82) is 0 Å². The van der Waals surface area contributed by atoms with Crippen LogP contribution in [0.2, 0.25) is 0 Å². The lowest BCUT2D eigenvalue weighted by atomic mass is 10.1. The molecule has 2 aromatic heterocycles. The fourth-order valence-electron chi connectivity index (χ4n) is 1.98. The van der Waals surface area contributed by atoms with Gasteiger partial charge in [-0.2, -0.15) is 5.10 Å². The maximum Gasteiger partial charge on any atom is 0.219 e. The highest BCUT2D eigenvalue weighted by Gasteiger charge is 2.09. The van der Waals surface area contributed by atoms with E-state index in [1.807, 2.05) is 13.8 Å². The number of halogens is 1. The molecule has 0 aliphatic heterocycles. The van der Waals surface area contributed by atoms with E-state index in [2.05, 4.69) is 26.9 Å². The van der Waals surface area contributed by atoms with E-state index < -0.39 is 0 Å². The van der Waals surface area contributed by atoms with Crippen LogP contribution in [0, 0.1) is 17.7 Å². The van der Waals surface area contributed by atoms with E-state index in [-0.39, 0.29) is 17.8 Å². The van der Waals surface area contributed by atoms with Gasteiger partial charge in [0, 0.05) is 30.2 Å². The second-order valence-electron chi connectivity index (χ2n) is 5.17. The van der Waals surface area contributed by atoms with Gasteiger partial charge in [0.2, 0.25) is 5.95 Å². The van der Waals surface area contributed by atoms with E-state index in [9.17, 15) is 4.39 Å². The van der Waals surface area contributed by atoms with Crippen molar-refractivity contribution in [1.82, 2.24) is 19.7 Å². The van der Waals surface area contributed by atoms with Crippen molar-refractivity contribution in [2.75, 3.05) is 5.73 Å². The minimum atomic E-state index is -0.331. The minimum Gasteiger partial charge on any atom is -0.368 e. The van der Waals surface area contributed by atoms with E-state index >= 15 is 0 Å². The third-order valence-corrected chi connectivity index (χ3v) is 3.14. The molecule has 6 heteroatoms. The Kier molecular flexibility index (Phi) is 3.47. The molecule has 0 atom stereocenters. The zero-order valence-electron chi connectivity index (χ0n) is 12.2. The highest BCUT2D eigenvalue weighted by atomic mass is 19.1. The van der Waals surface area contributed by atoms with Crippen LogP contribution >= 0.6 is 0 Å². The van der Waals surface area contributed by atoms with Crippen molar-refractivity contribution in [2.24, 2.45) is 0 Å². The molecule has 0 spiro atoms. The van der Waals surface area contributed by atoms with Gasteiger partial charge in [0.25, 0.3) is 0 Å². The predicted octanol–water partition coefficient (Wildman–Crippen LogP) is 2.53. The van der Waals surface area contributed by atoms with Crippen molar-refractivity contribution in [3.8, 4) is 11.8 Å². The van der Waals surface area contributed by atoms with Gasteiger partial charge >= 0.3 is 0 Å². The number of anilines is 1. The van der Waals surface area contributed by atoms with Crippen molar-refractivity contribution >= 4 is 16.9 Å². The summed E-state index contributed by atoms with van der Waals surface area (Å²) in [6.07, 6.45) is 4.76. The van der Waals surface area contributed by atoms with E-state index in [4.69, 9.17) is 5.73 Å². The molecule has 3 aromatic rings. The molecule has 0 unspecified atom stereocenters. The van der Waals surface area contributed by atoms with Gasteiger partial charge in [-0.05, 0) is 26.0 Å². The number of hydrogen-bond donors (Lipinski definition) is 1. The molecule has 2 heterocycles. The Bertz CT molecular complexity index is 885. The Morgan fingerprint density at radius 2 is 1.82 bits per heavy atom. The van der Waals surface area contributed by atoms with Crippen LogP contribution in [-0.2, 0) is 0 Å². The van der Waals surface area contributed by atoms with Gasteiger partial charge in [0.05, 0.1) is 16.5 Å². The lowest BCUT2D eigenvalue weighted by Crippen LogP contribution is -1.99. The Balaban J connectivity index is 2.00. The number of fused-ring (bicyclic) bond motifs is 1. The fourth-order valence-corrected chi connectivity index (χ4v) is 1.98. The first-order chi connectivity index (χ1) is 10.5. The Hall–Kier alpha value is -2.94. The highest BCUT2D eigenvalue weighted by molar-refractivity contribution is 5.80. The molecule has 22 heavy (non-hydrogen) atoms. The van der Waals surface area contributed by atoms with Crippen molar-refractivity contribution in [3.05, 3.63) is 47.7 Å². The average Bonchev–Trinajstić information content (AvgIpc) is 2.92. The third-order valence-electron chi connectivity index (χ3n) is 3.14. The fraction of sp³-hybridized carbons (Fsp3) is 0.188. The molecule has 0 bridgehead atoms. The zero-order chi connectivity index (χ0) is 15.7. The van der Waals surface area contributed by atoms with Crippen LogP contribution in [0.1, 0.15) is 31.0 Å². The zero-order valence-corrected chi connectivity index (χ0v) is 12.2. The molecule has 0 fully saturated rings. The number of aromatic nitrogens is 4. The average molecular weight is 295 g/mol. The summed E-state index contributed by atoms with van der Waals surface area (Å²) in [6.45, 7) is 3.98. The van der Waals surface area contributed by atoms with Crippen LogP contribution in [0.5, 0.6) is 0 Å². The van der Waals surface area contributed by atoms with Crippen LogP contribution in [0.15, 0.2) is 30.7 Å². The maximum atomic E-state index is 14.1. The molecule has 110 valence electrons. The summed E-state index contributed by atoms with van der Waals surface area (Å²) >= 11 is 0. The first-order valence-corrected chi connectivity index (χ1v) is 6.81. The number of rotatable bonds is 1. The van der Waals surface area contributed by atoms with Crippen LogP contribution in [0.4, 0.5) is 10.3 Å². The smallest absolute Gasteiger partial charge is 0.219 e. The van der Waals surface area contributed by atoms with Crippen molar-refractivity contribution < 1.29 is 4.39 Å². The van der Waals surface area contributed by atoms with Crippen molar-refractivity contribution in [3.63, 3.8) is 0 Å². The van der Waals surface area contributed by atoms with Crippen LogP contribution in [0.3, 0.4) is 0 Å². The van der Waals surface area contributed by atoms with E-state index in [1.54, 1.807) is 16.9 Å². The van der Waals surface area contributed by atoms with E-state index in [1.165, 1.54) is 18.5 Å². The molecule has 5 nitrogen and oxygen atoms in total. The number of nitrogens with zero attached hydrogens (tertiary/aromatic N) is 4. The molecular weight excluding hydrogens is 281 g/mol. The van der Waals surface area contributed by atoms with Gasteiger partial charge in [-0.3, -0.25) is 4.68 Å².